The number of hydrazine groups is 1. The number of carbonyl (C=O) groups is 3. The molecule has 0 saturated heterocycles. The fourth-order valence-corrected chi connectivity index (χ4v) is 8.37. The minimum absolute atomic E-state index is 0.108. The maximum absolute atomic E-state index is 14.1. The minimum Gasteiger partial charge on any atom is -0.467 e. The van der Waals surface area contributed by atoms with E-state index in [0.717, 1.165) is 28.1 Å². The summed E-state index contributed by atoms with van der Waals surface area (Å²) in [5.74, 6) is 6.30. The van der Waals surface area contributed by atoms with E-state index in [-0.39, 0.29) is 18.8 Å². The quantitative estimate of drug-likeness (QED) is 0.0270. The molecule has 0 bridgehead atoms. The average molecular weight is 714 g/mol. The number of nitrogens with two attached hydrogens (primary N) is 1. The van der Waals surface area contributed by atoms with E-state index in [0.29, 0.717) is 24.2 Å². The lowest BCUT2D eigenvalue weighted by Gasteiger charge is -2.44. The first-order valence-electron chi connectivity index (χ1n) is 16.8. The number of hydrogen-bond donors (Lipinski definition) is 2. The summed E-state index contributed by atoms with van der Waals surface area (Å²) in [5.41, 5.74) is 1.88. The zero-order valence-electron chi connectivity index (χ0n) is 29.0. The van der Waals surface area contributed by atoms with Crippen LogP contribution in [0.4, 0.5) is 4.79 Å². The van der Waals surface area contributed by atoms with E-state index in [1.807, 2.05) is 67.8 Å². The number of amides is 2. The second-order valence-corrected chi connectivity index (χ2v) is 14.1. The highest BCUT2D eigenvalue weighted by Crippen LogP contribution is 2.49. The van der Waals surface area contributed by atoms with Crippen molar-refractivity contribution < 1.29 is 23.9 Å². The molecule has 0 saturated carbocycles. The SMILES string of the molecule is CCCCOC(=O)NC(CSC)[C@](CCCSC(c1ccccc1)(c1ccccc1)c1ccccc1)(C(=O)OC)N(N)C(=O)c1ccccc1. The van der Waals surface area contributed by atoms with Gasteiger partial charge in [0.25, 0.3) is 5.91 Å². The molecular weight excluding hydrogens is 667 g/mol. The molecule has 0 aliphatic heterocycles. The lowest BCUT2D eigenvalue weighted by atomic mass is 9.84. The first-order valence-corrected chi connectivity index (χ1v) is 19.2. The highest BCUT2D eigenvalue weighted by molar-refractivity contribution is 8.00. The summed E-state index contributed by atoms with van der Waals surface area (Å²) >= 11 is 3.16. The van der Waals surface area contributed by atoms with Crippen LogP contribution < -0.4 is 11.2 Å². The van der Waals surface area contributed by atoms with Gasteiger partial charge in [-0.2, -0.15) is 11.8 Å². The molecule has 50 heavy (non-hydrogen) atoms. The predicted octanol–water partition coefficient (Wildman–Crippen LogP) is 7.68. The Bertz CT molecular complexity index is 1530. The molecule has 2 amide bonds. The molecule has 8 nitrogen and oxygen atoms in total. The Morgan fingerprint density at radius 1 is 0.800 bits per heavy atom. The molecule has 1 unspecified atom stereocenters. The number of ether oxygens (including phenoxy) is 2. The summed E-state index contributed by atoms with van der Waals surface area (Å²) in [6.45, 7) is 2.23. The molecule has 4 aromatic rings. The van der Waals surface area contributed by atoms with Crippen LogP contribution in [-0.4, -0.2) is 66.0 Å². The third kappa shape index (κ3) is 8.91. The van der Waals surface area contributed by atoms with Crippen molar-refractivity contribution in [3.63, 3.8) is 0 Å². The van der Waals surface area contributed by atoms with Crippen molar-refractivity contribution >= 4 is 41.5 Å². The van der Waals surface area contributed by atoms with Gasteiger partial charge in [-0.05, 0) is 60.1 Å². The Kier molecular flexibility index (Phi) is 14.8. The fourth-order valence-electron chi connectivity index (χ4n) is 6.18. The topological polar surface area (TPSA) is 111 Å². The summed E-state index contributed by atoms with van der Waals surface area (Å²) in [4.78, 5) is 41.2. The maximum atomic E-state index is 14.1. The molecule has 0 fully saturated rings. The van der Waals surface area contributed by atoms with Crippen LogP contribution in [0.3, 0.4) is 0 Å². The second-order valence-electron chi connectivity index (χ2n) is 11.8. The summed E-state index contributed by atoms with van der Waals surface area (Å²) in [6.07, 6.45) is 3.28. The molecule has 264 valence electrons. The first kappa shape index (κ1) is 38.6. The number of thioether (sulfide) groups is 2. The van der Waals surface area contributed by atoms with Gasteiger partial charge in [0, 0.05) is 11.3 Å². The maximum Gasteiger partial charge on any atom is 0.407 e. The van der Waals surface area contributed by atoms with Crippen LogP contribution in [0.1, 0.15) is 59.7 Å². The molecule has 2 atom stereocenters. The van der Waals surface area contributed by atoms with Crippen molar-refractivity contribution in [2.45, 2.75) is 48.9 Å². The fraction of sp³-hybridized carbons (Fsp3) is 0.325. The largest absolute Gasteiger partial charge is 0.467 e. The molecule has 0 aromatic heterocycles. The van der Waals surface area contributed by atoms with Crippen LogP contribution in [0.2, 0.25) is 0 Å². The van der Waals surface area contributed by atoms with E-state index < -0.39 is 34.3 Å². The van der Waals surface area contributed by atoms with E-state index in [2.05, 4.69) is 41.7 Å². The average Bonchev–Trinajstić information content (AvgIpc) is 3.17. The number of hydrogen-bond acceptors (Lipinski definition) is 8. The van der Waals surface area contributed by atoms with Crippen LogP contribution in [0.5, 0.6) is 0 Å². The van der Waals surface area contributed by atoms with Crippen molar-refractivity contribution in [3.05, 3.63) is 144 Å². The number of benzene rings is 4. The Morgan fingerprint density at radius 2 is 1.30 bits per heavy atom. The third-order valence-electron chi connectivity index (χ3n) is 8.70. The van der Waals surface area contributed by atoms with Gasteiger partial charge in [0.1, 0.15) is 0 Å². The molecule has 4 rings (SSSR count). The van der Waals surface area contributed by atoms with Gasteiger partial charge < -0.3 is 14.8 Å². The number of unbranched alkanes of at least 4 members (excludes halogenated alkanes) is 1. The smallest absolute Gasteiger partial charge is 0.407 e. The van der Waals surface area contributed by atoms with Crippen molar-refractivity contribution in [3.8, 4) is 0 Å². The molecule has 10 heteroatoms. The highest BCUT2D eigenvalue weighted by Gasteiger charge is 2.53. The van der Waals surface area contributed by atoms with Gasteiger partial charge in [0.05, 0.1) is 24.5 Å². The van der Waals surface area contributed by atoms with E-state index in [4.69, 9.17) is 15.3 Å². The molecule has 0 spiro atoms. The van der Waals surface area contributed by atoms with Crippen molar-refractivity contribution in [2.75, 3.05) is 31.5 Å². The Labute approximate surface area is 304 Å². The van der Waals surface area contributed by atoms with Crippen LogP contribution >= 0.6 is 23.5 Å². The second kappa shape index (κ2) is 19.2. The lowest BCUT2D eigenvalue weighted by Crippen LogP contribution is -2.71. The zero-order valence-corrected chi connectivity index (χ0v) is 30.6. The Balaban J connectivity index is 1.76. The molecule has 3 N–H and O–H groups in total. The third-order valence-corrected chi connectivity index (χ3v) is 11.0. The van der Waals surface area contributed by atoms with Crippen LogP contribution in [0.25, 0.3) is 0 Å². The summed E-state index contributed by atoms with van der Waals surface area (Å²) in [5, 5.41) is 3.85. The van der Waals surface area contributed by atoms with E-state index in [1.165, 1.54) is 18.9 Å². The van der Waals surface area contributed by atoms with Gasteiger partial charge in [-0.3, -0.25) is 9.80 Å². The normalized spacial score (nSPS) is 13.0. The van der Waals surface area contributed by atoms with Crippen molar-refractivity contribution in [1.29, 1.82) is 0 Å². The molecule has 0 heterocycles. The summed E-state index contributed by atoms with van der Waals surface area (Å²) in [6, 6.07) is 38.7. The molecule has 0 radical (unpaired) electrons. The van der Waals surface area contributed by atoms with Gasteiger partial charge in [0.15, 0.2) is 5.54 Å². The van der Waals surface area contributed by atoms with Crippen molar-refractivity contribution in [2.24, 2.45) is 5.84 Å². The lowest BCUT2D eigenvalue weighted by molar-refractivity contribution is -0.156. The number of nitrogens with one attached hydrogen (secondary N) is 1. The predicted molar refractivity (Wildman–Crippen MR) is 204 cm³/mol. The Morgan fingerprint density at radius 3 is 1.76 bits per heavy atom. The van der Waals surface area contributed by atoms with E-state index in [9.17, 15) is 14.4 Å². The Hall–Kier alpha value is -4.25. The zero-order chi connectivity index (χ0) is 35.8. The van der Waals surface area contributed by atoms with Gasteiger partial charge in [-0.1, -0.05) is 123 Å². The number of rotatable bonds is 18. The van der Waals surface area contributed by atoms with Crippen LogP contribution in [0, 0.1) is 0 Å². The number of alkyl carbamates (subject to hydrolysis) is 1. The van der Waals surface area contributed by atoms with Gasteiger partial charge in [0.2, 0.25) is 0 Å². The first-order chi connectivity index (χ1) is 24.3. The number of nitrogens with zero attached hydrogens (tertiary/aromatic N) is 1. The van der Waals surface area contributed by atoms with E-state index >= 15 is 0 Å². The van der Waals surface area contributed by atoms with Gasteiger partial charge >= 0.3 is 12.1 Å². The van der Waals surface area contributed by atoms with Crippen molar-refractivity contribution in [1.82, 2.24) is 10.3 Å². The molecule has 0 aliphatic carbocycles. The molecule has 0 aliphatic rings. The van der Waals surface area contributed by atoms with Crippen LogP contribution in [-0.2, 0) is 19.0 Å². The molecular formula is C40H47N3O5S2. The minimum atomic E-state index is -1.76. The number of carbonyl (C=O) groups excluding carboxylic acids is 3. The molecule has 4 aromatic carbocycles. The number of esters is 1. The number of methoxy groups -OCH3 is 1. The van der Waals surface area contributed by atoms with Gasteiger partial charge in [-0.25, -0.2) is 15.4 Å². The van der Waals surface area contributed by atoms with Gasteiger partial charge in [-0.15, -0.1) is 11.8 Å². The summed E-state index contributed by atoms with van der Waals surface area (Å²) in [7, 11) is 1.27. The monoisotopic (exact) mass is 713 g/mol. The highest BCUT2D eigenvalue weighted by atomic mass is 32.2. The van der Waals surface area contributed by atoms with E-state index in [1.54, 1.807) is 42.1 Å². The summed E-state index contributed by atoms with van der Waals surface area (Å²) < 4.78 is 10.3. The standard InChI is InChI=1S/C40H47N3O5S2/c1-4-5-28-48-38(46)42-35(30-49-3)39(37(45)47-2,43(41)36(44)31-19-10-6-11-20-31)27-18-29-50-40(32-21-12-7-13-22-32,33-23-14-8-15-24-33)34-25-16-9-17-26-34/h6-17,19-26,35H,4-5,18,27-30,41H2,1-3H3,(H,42,46)/t35?,39-/m1/s1. The van der Waals surface area contributed by atoms with Crippen LogP contribution in [0.15, 0.2) is 121 Å².